The number of nitrogens with two attached hydrogens (primary N) is 1. The Balaban J connectivity index is 1.93. The van der Waals surface area contributed by atoms with Gasteiger partial charge in [0.05, 0.1) is 24.3 Å². The topological polar surface area (TPSA) is 64.8 Å². The Bertz CT molecular complexity index is 728. The van der Waals surface area contributed by atoms with E-state index >= 15 is 0 Å². The number of hydrogen-bond donors (Lipinski definition) is 1. The van der Waals surface area contributed by atoms with E-state index in [1.165, 1.54) is 16.7 Å². The molecule has 5 heteroatoms. The molecular formula is C19H24N2O3. The standard InChI is InChI=1S/C19H24N2O3/c1-23-14-4-3-13-6-8-21-7-5-12-9-17(24-2)15(18(20)22)10-16(12)19(13,21)11-14/h3,9-10,14H,4-8,11H2,1-2H3,(H2,20,22). The Morgan fingerprint density at radius 1 is 1.29 bits per heavy atom. The number of primary amides is 1. The molecule has 2 N–H and O–H groups in total. The highest BCUT2D eigenvalue weighted by molar-refractivity contribution is 5.96. The average molecular weight is 328 g/mol. The van der Waals surface area contributed by atoms with Crippen molar-refractivity contribution in [1.82, 2.24) is 4.90 Å². The first-order valence-electron chi connectivity index (χ1n) is 8.58. The number of fused-ring (bicyclic) bond motifs is 1. The van der Waals surface area contributed by atoms with Gasteiger partial charge in [0.15, 0.2) is 0 Å². The first-order chi connectivity index (χ1) is 11.6. The summed E-state index contributed by atoms with van der Waals surface area (Å²) >= 11 is 0. The molecule has 1 aromatic rings. The fourth-order valence-electron chi connectivity index (χ4n) is 4.84. The van der Waals surface area contributed by atoms with E-state index in [1.54, 1.807) is 14.2 Å². The molecule has 0 saturated carbocycles. The number of methoxy groups -OCH3 is 2. The Morgan fingerprint density at radius 2 is 2.08 bits per heavy atom. The van der Waals surface area contributed by atoms with E-state index in [4.69, 9.17) is 15.2 Å². The zero-order valence-corrected chi connectivity index (χ0v) is 14.3. The molecule has 1 spiro atoms. The van der Waals surface area contributed by atoms with Crippen molar-refractivity contribution in [2.75, 3.05) is 27.3 Å². The van der Waals surface area contributed by atoms with Crippen molar-refractivity contribution in [3.8, 4) is 5.75 Å². The third-order valence-electron chi connectivity index (χ3n) is 5.99. The fraction of sp³-hybridized carbons (Fsp3) is 0.526. The van der Waals surface area contributed by atoms with Crippen LogP contribution in [0.15, 0.2) is 23.8 Å². The maximum atomic E-state index is 11.9. The second-order valence-corrected chi connectivity index (χ2v) is 6.95. The predicted molar refractivity (Wildman–Crippen MR) is 91.2 cm³/mol. The number of hydrogen-bond acceptors (Lipinski definition) is 4. The summed E-state index contributed by atoms with van der Waals surface area (Å²) in [6.45, 7) is 2.10. The Kier molecular flexibility index (Phi) is 3.66. The van der Waals surface area contributed by atoms with Crippen LogP contribution in [0.4, 0.5) is 0 Å². The van der Waals surface area contributed by atoms with Crippen molar-refractivity contribution in [2.24, 2.45) is 5.73 Å². The van der Waals surface area contributed by atoms with Gasteiger partial charge >= 0.3 is 0 Å². The molecule has 1 amide bonds. The second kappa shape index (κ2) is 5.60. The molecule has 0 radical (unpaired) electrons. The molecule has 2 aliphatic heterocycles. The van der Waals surface area contributed by atoms with Gasteiger partial charge in [-0.05, 0) is 48.1 Å². The molecule has 1 fully saturated rings. The summed E-state index contributed by atoms with van der Waals surface area (Å²) in [5.74, 6) is 0.138. The molecule has 24 heavy (non-hydrogen) atoms. The Labute approximate surface area is 142 Å². The van der Waals surface area contributed by atoms with Crippen molar-refractivity contribution in [1.29, 1.82) is 0 Å². The largest absolute Gasteiger partial charge is 0.496 e. The van der Waals surface area contributed by atoms with E-state index in [2.05, 4.69) is 11.0 Å². The molecule has 5 nitrogen and oxygen atoms in total. The third kappa shape index (κ3) is 2.04. The lowest BCUT2D eigenvalue weighted by molar-refractivity contribution is 0.0291. The van der Waals surface area contributed by atoms with Gasteiger partial charge in [0.25, 0.3) is 5.91 Å². The van der Waals surface area contributed by atoms with Gasteiger partial charge < -0.3 is 15.2 Å². The van der Waals surface area contributed by atoms with Crippen LogP contribution in [0.5, 0.6) is 5.75 Å². The van der Waals surface area contributed by atoms with E-state index in [9.17, 15) is 4.79 Å². The number of benzene rings is 1. The molecule has 2 heterocycles. The summed E-state index contributed by atoms with van der Waals surface area (Å²) in [5, 5.41) is 0. The minimum absolute atomic E-state index is 0.136. The number of carbonyl (C=O) groups is 1. The summed E-state index contributed by atoms with van der Waals surface area (Å²) in [5.41, 5.74) is 9.89. The molecule has 2 atom stereocenters. The highest BCUT2D eigenvalue weighted by atomic mass is 16.5. The van der Waals surface area contributed by atoms with Crippen LogP contribution < -0.4 is 10.5 Å². The van der Waals surface area contributed by atoms with Crippen LogP contribution in [0.3, 0.4) is 0 Å². The molecule has 128 valence electrons. The summed E-state index contributed by atoms with van der Waals surface area (Å²) in [6.07, 6.45) is 6.52. The first-order valence-corrected chi connectivity index (χ1v) is 8.58. The van der Waals surface area contributed by atoms with E-state index in [0.717, 1.165) is 38.8 Å². The number of nitrogens with zero attached hydrogens (tertiary/aromatic N) is 1. The zero-order valence-electron chi connectivity index (χ0n) is 14.3. The van der Waals surface area contributed by atoms with Crippen LogP contribution in [-0.4, -0.2) is 44.2 Å². The highest BCUT2D eigenvalue weighted by Gasteiger charge is 2.51. The zero-order chi connectivity index (χ0) is 16.9. The summed E-state index contributed by atoms with van der Waals surface area (Å²) < 4.78 is 11.1. The van der Waals surface area contributed by atoms with Gasteiger partial charge in [-0.2, -0.15) is 0 Å². The Morgan fingerprint density at radius 3 is 2.79 bits per heavy atom. The molecule has 1 saturated heterocycles. The summed E-state index contributed by atoms with van der Waals surface area (Å²) in [7, 11) is 3.37. The molecule has 3 aliphatic rings. The summed E-state index contributed by atoms with van der Waals surface area (Å²) in [4.78, 5) is 14.5. The fourth-order valence-corrected chi connectivity index (χ4v) is 4.84. The molecule has 1 aliphatic carbocycles. The van der Waals surface area contributed by atoms with Gasteiger partial charge in [0, 0.05) is 26.6 Å². The van der Waals surface area contributed by atoms with Crippen molar-refractivity contribution in [3.05, 3.63) is 40.5 Å². The second-order valence-electron chi connectivity index (χ2n) is 6.95. The lowest BCUT2D eigenvalue weighted by Gasteiger charge is -2.48. The molecule has 0 aromatic heterocycles. The first kappa shape index (κ1) is 15.7. The van der Waals surface area contributed by atoms with Crippen LogP contribution >= 0.6 is 0 Å². The van der Waals surface area contributed by atoms with Crippen molar-refractivity contribution in [2.45, 2.75) is 37.3 Å². The quantitative estimate of drug-likeness (QED) is 0.862. The van der Waals surface area contributed by atoms with Crippen LogP contribution in [0.1, 0.15) is 40.7 Å². The minimum atomic E-state index is -0.439. The highest BCUT2D eigenvalue weighted by Crippen LogP contribution is 2.53. The van der Waals surface area contributed by atoms with Crippen LogP contribution in [0.2, 0.25) is 0 Å². The summed E-state index contributed by atoms with van der Waals surface area (Å²) in [6, 6.07) is 3.98. The van der Waals surface area contributed by atoms with Gasteiger partial charge in [-0.15, -0.1) is 0 Å². The SMILES string of the molecule is COc1cc2c(cc1C(N)=O)C13CC(OC)CC=C1CCN3CC2. The number of rotatable bonds is 3. The molecule has 2 unspecified atom stereocenters. The van der Waals surface area contributed by atoms with Gasteiger partial charge in [-0.1, -0.05) is 6.08 Å². The third-order valence-corrected chi connectivity index (χ3v) is 5.99. The molecule has 1 aromatic carbocycles. The van der Waals surface area contributed by atoms with Gasteiger partial charge in [-0.3, -0.25) is 9.69 Å². The average Bonchev–Trinajstić information content (AvgIpc) is 2.99. The molecular weight excluding hydrogens is 304 g/mol. The van der Waals surface area contributed by atoms with Crippen LogP contribution in [0, 0.1) is 0 Å². The van der Waals surface area contributed by atoms with Crippen molar-refractivity contribution >= 4 is 5.91 Å². The maximum Gasteiger partial charge on any atom is 0.252 e. The van der Waals surface area contributed by atoms with Crippen molar-refractivity contribution < 1.29 is 14.3 Å². The molecule has 4 rings (SSSR count). The molecule has 0 bridgehead atoms. The smallest absolute Gasteiger partial charge is 0.252 e. The van der Waals surface area contributed by atoms with Gasteiger partial charge in [-0.25, -0.2) is 0 Å². The van der Waals surface area contributed by atoms with E-state index < -0.39 is 5.91 Å². The number of amides is 1. The van der Waals surface area contributed by atoms with E-state index in [0.29, 0.717) is 11.3 Å². The van der Waals surface area contributed by atoms with Crippen LogP contribution in [-0.2, 0) is 16.7 Å². The lowest BCUT2D eigenvalue weighted by Crippen LogP contribution is -2.50. The minimum Gasteiger partial charge on any atom is -0.496 e. The number of ether oxygens (including phenoxy) is 2. The monoisotopic (exact) mass is 328 g/mol. The van der Waals surface area contributed by atoms with Gasteiger partial charge in [0.2, 0.25) is 0 Å². The predicted octanol–water partition coefficient (Wildman–Crippen LogP) is 1.99. The van der Waals surface area contributed by atoms with E-state index in [1.807, 2.05) is 12.1 Å². The van der Waals surface area contributed by atoms with Crippen LogP contribution in [0.25, 0.3) is 0 Å². The lowest BCUT2D eigenvalue weighted by atomic mass is 9.70. The van der Waals surface area contributed by atoms with Gasteiger partial charge in [0.1, 0.15) is 5.75 Å². The van der Waals surface area contributed by atoms with E-state index in [-0.39, 0.29) is 11.6 Å². The number of carbonyl (C=O) groups excluding carboxylic acids is 1. The van der Waals surface area contributed by atoms with Crippen molar-refractivity contribution in [3.63, 3.8) is 0 Å². The Hall–Kier alpha value is -1.85. The maximum absolute atomic E-state index is 11.9. The normalized spacial score (nSPS) is 28.6.